The van der Waals surface area contributed by atoms with Gasteiger partial charge in [-0.05, 0) is 51.1 Å². The summed E-state index contributed by atoms with van der Waals surface area (Å²) in [6, 6.07) is 0. The van der Waals surface area contributed by atoms with Crippen molar-refractivity contribution in [2.45, 2.75) is 33.1 Å². The van der Waals surface area contributed by atoms with E-state index >= 15 is 0 Å². The first kappa shape index (κ1) is 13.3. The van der Waals surface area contributed by atoms with Crippen LogP contribution in [-0.4, -0.2) is 19.7 Å². The van der Waals surface area contributed by atoms with Crippen LogP contribution in [0.15, 0.2) is 24.5 Å². The molecule has 2 unspecified atom stereocenters. The maximum absolute atomic E-state index is 5.07. The Kier molecular flexibility index (Phi) is 6.24. The highest BCUT2D eigenvalue weighted by Crippen LogP contribution is 2.27. The van der Waals surface area contributed by atoms with Crippen molar-refractivity contribution < 1.29 is 4.74 Å². The normalized spacial score (nSPS) is 25.0. The van der Waals surface area contributed by atoms with Gasteiger partial charge in [-0.1, -0.05) is 25.2 Å². The molecule has 0 aromatic carbocycles. The maximum atomic E-state index is 5.07. The average Bonchev–Trinajstić information content (AvgIpc) is 2.22. The second-order valence-electron chi connectivity index (χ2n) is 4.89. The first-order valence-corrected chi connectivity index (χ1v) is 6.33. The lowest BCUT2D eigenvalue weighted by atomic mass is 9.84. The molecule has 92 valence electrons. The molecule has 16 heavy (non-hydrogen) atoms. The van der Waals surface area contributed by atoms with Crippen LogP contribution in [0.3, 0.4) is 0 Å². The van der Waals surface area contributed by atoms with Crippen molar-refractivity contribution in [3.05, 3.63) is 24.5 Å². The first-order chi connectivity index (χ1) is 7.72. The van der Waals surface area contributed by atoms with E-state index in [1.165, 1.54) is 19.1 Å². The Balaban J connectivity index is 2.05. The predicted molar refractivity (Wildman–Crippen MR) is 69.3 cm³/mol. The van der Waals surface area contributed by atoms with Gasteiger partial charge in [0.2, 0.25) is 0 Å². The van der Waals surface area contributed by atoms with Crippen molar-refractivity contribution in [3.63, 3.8) is 0 Å². The van der Waals surface area contributed by atoms with Crippen molar-refractivity contribution >= 4 is 0 Å². The van der Waals surface area contributed by atoms with Crippen LogP contribution in [-0.2, 0) is 4.74 Å². The van der Waals surface area contributed by atoms with Crippen LogP contribution in [0.4, 0.5) is 0 Å². The van der Waals surface area contributed by atoms with Gasteiger partial charge in [0.05, 0.1) is 12.9 Å². The summed E-state index contributed by atoms with van der Waals surface area (Å²) in [4.78, 5) is 0. The highest BCUT2D eigenvalue weighted by atomic mass is 16.5. The summed E-state index contributed by atoms with van der Waals surface area (Å²) in [6.07, 6.45) is 7.57. The van der Waals surface area contributed by atoms with E-state index < -0.39 is 0 Å². The van der Waals surface area contributed by atoms with Gasteiger partial charge in [0.25, 0.3) is 0 Å². The maximum Gasteiger partial charge on any atom is 0.0885 e. The van der Waals surface area contributed by atoms with Crippen LogP contribution < -0.4 is 5.32 Å². The Morgan fingerprint density at radius 3 is 3.12 bits per heavy atom. The molecular weight excluding hydrogens is 198 g/mol. The summed E-state index contributed by atoms with van der Waals surface area (Å²) in [6.45, 7) is 11.0. The van der Waals surface area contributed by atoms with E-state index in [9.17, 15) is 0 Å². The Labute approximate surface area is 99.8 Å². The number of hydrogen-bond donors (Lipinski definition) is 1. The van der Waals surface area contributed by atoms with E-state index in [4.69, 9.17) is 4.74 Å². The monoisotopic (exact) mass is 223 g/mol. The SMILES string of the molecule is C=COCCCNCC1CC(C)=CC(C)C1. The number of allylic oxidation sites excluding steroid dienone is 2. The minimum Gasteiger partial charge on any atom is -0.502 e. The summed E-state index contributed by atoms with van der Waals surface area (Å²) >= 11 is 0. The van der Waals surface area contributed by atoms with E-state index in [0.717, 1.165) is 38.0 Å². The van der Waals surface area contributed by atoms with Crippen molar-refractivity contribution in [1.82, 2.24) is 5.32 Å². The largest absolute Gasteiger partial charge is 0.502 e. The molecule has 0 saturated carbocycles. The van der Waals surface area contributed by atoms with Crippen LogP contribution in [0.25, 0.3) is 0 Å². The van der Waals surface area contributed by atoms with E-state index in [1.807, 2.05) is 0 Å². The lowest BCUT2D eigenvalue weighted by Gasteiger charge is -2.25. The van der Waals surface area contributed by atoms with Gasteiger partial charge < -0.3 is 10.1 Å². The highest BCUT2D eigenvalue weighted by molar-refractivity contribution is 5.06. The smallest absolute Gasteiger partial charge is 0.0885 e. The van der Waals surface area contributed by atoms with E-state index in [1.54, 1.807) is 5.57 Å². The number of nitrogens with one attached hydrogen (secondary N) is 1. The molecule has 1 rings (SSSR count). The van der Waals surface area contributed by atoms with Crippen LogP contribution in [0.2, 0.25) is 0 Å². The molecule has 1 aliphatic rings. The standard InChI is InChI=1S/C14H25NO/c1-4-16-7-5-6-15-11-14-9-12(2)8-13(3)10-14/h4,8,12,14-15H,1,5-7,9-11H2,2-3H3. The third kappa shape index (κ3) is 5.36. The average molecular weight is 223 g/mol. The van der Waals surface area contributed by atoms with E-state index in [2.05, 4.69) is 31.8 Å². The minimum atomic E-state index is 0.754. The van der Waals surface area contributed by atoms with Gasteiger partial charge in [-0.25, -0.2) is 0 Å². The molecule has 2 atom stereocenters. The third-order valence-corrected chi connectivity index (χ3v) is 3.05. The van der Waals surface area contributed by atoms with Gasteiger partial charge in [0.15, 0.2) is 0 Å². The summed E-state index contributed by atoms with van der Waals surface area (Å²) in [7, 11) is 0. The molecule has 0 saturated heterocycles. The summed E-state index contributed by atoms with van der Waals surface area (Å²) < 4.78 is 5.07. The second kappa shape index (κ2) is 7.50. The quantitative estimate of drug-likeness (QED) is 0.407. The number of rotatable bonds is 7. The molecule has 0 aromatic rings. The van der Waals surface area contributed by atoms with Crippen LogP contribution in [0.5, 0.6) is 0 Å². The summed E-state index contributed by atoms with van der Waals surface area (Å²) in [5.74, 6) is 1.57. The molecule has 0 aromatic heterocycles. The Morgan fingerprint density at radius 2 is 2.44 bits per heavy atom. The van der Waals surface area contributed by atoms with Crippen LogP contribution in [0, 0.1) is 11.8 Å². The molecular formula is C14H25NO. The Bertz CT molecular complexity index is 235. The second-order valence-corrected chi connectivity index (χ2v) is 4.89. The number of ether oxygens (including phenoxy) is 1. The molecule has 1 aliphatic carbocycles. The van der Waals surface area contributed by atoms with Gasteiger partial charge in [-0.3, -0.25) is 0 Å². The molecule has 0 heterocycles. The summed E-state index contributed by atoms with van der Waals surface area (Å²) in [5.41, 5.74) is 1.56. The lowest BCUT2D eigenvalue weighted by molar-refractivity contribution is 0.243. The first-order valence-electron chi connectivity index (χ1n) is 6.33. The predicted octanol–water partition coefficient (Wildman–Crippen LogP) is 3.12. The molecule has 0 radical (unpaired) electrons. The van der Waals surface area contributed by atoms with Crippen LogP contribution in [0.1, 0.15) is 33.1 Å². The zero-order valence-corrected chi connectivity index (χ0v) is 10.7. The molecule has 2 heteroatoms. The molecule has 0 fully saturated rings. The van der Waals surface area contributed by atoms with Crippen molar-refractivity contribution in [1.29, 1.82) is 0 Å². The van der Waals surface area contributed by atoms with Gasteiger partial charge in [0.1, 0.15) is 0 Å². The van der Waals surface area contributed by atoms with E-state index in [0.29, 0.717) is 0 Å². The van der Waals surface area contributed by atoms with Crippen molar-refractivity contribution in [2.75, 3.05) is 19.7 Å². The Morgan fingerprint density at radius 1 is 1.62 bits per heavy atom. The third-order valence-electron chi connectivity index (χ3n) is 3.05. The highest BCUT2D eigenvalue weighted by Gasteiger charge is 2.17. The molecule has 2 nitrogen and oxygen atoms in total. The van der Waals surface area contributed by atoms with Gasteiger partial charge in [0, 0.05) is 0 Å². The fraction of sp³-hybridized carbons (Fsp3) is 0.714. The Hall–Kier alpha value is -0.760. The fourth-order valence-electron chi connectivity index (χ4n) is 2.51. The fourth-order valence-corrected chi connectivity index (χ4v) is 2.51. The molecule has 0 aliphatic heterocycles. The zero-order chi connectivity index (χ0) is 11.8. The van der Waals surface area contributed by atoms with Crippen molar-refractivity contribution in [3.8, 4) is 0 Å². The van der Waals surface area contributed by atoms with Crippen molar-refractivity contribution in [2.24, 2.45) is 11.8 Å². The minimum absolute atomic E-state index is 0.754. The summed E-state index contributed by atoms with van der Waals surface area (Å²) in [5, 5.41) is 3.51. The topological polar surface area (TPSA) is 21.3 Å². The van der Waals surface area contributed by atoms with Gasteiger partial charge in [-0.2, -0.15) is 0 Å². The van der Waals surface area contributed by atoms with Gasteiger partial charge >= 0.3 is 0 Å². The molecule has 0 amide bonds. The number of hydrogen-bond acceptors (Lipinski definition) is 2. The molecule has 0 spiro atoms. The van der Waals surface area contributed by atoms with E-state index in [-0.39, 0.29) is 0 Å². The molecule has 0 bridgehead atoms. The van der Waals surface area contributed by atoms with Crippen LogP contribution >= 0.6 is 0 Å². The lowest BCUT2D eigenvalue weighted by Crippen LogP contribution is -2.27. The zero-order valence-electron chi connectivity index (χ0n) is 10.7. The van der Waals surface area contributed by atoms with Gasteiger partial charge in [-0.15, -0.1) is 0 Å². The molecule has 1 N–H and O–H groups in total.